The van der Waals surface area contributed by atoms with Crippen molar-refractivity contribution in [3.8, 4) is 5.88 Å². The first-order valence-corrected chi connectivity index (χ1v) is 8.58. The number of benzene rings is 2. The number of amides is 1. The van der Waals surface area contributed by atoms with Gasteiger partial charge in [-0.1, -0.05) is 48.5 Å². The van der Waals surface area contributed by atoms with Crippen LogP contribution >= 0.6 is 0 Å². The fourth-order valence-electron chi connectivity index (χ4n) is 3.01. The number of pyridine rings is 1. The topological polar surface area (TPSA) is 68.5 Å². The van der Waals surface area contributed by atoms with E-state index in [0.717, 1.165) is 12.1 Å². The number of nitrogens with zero attached hydrogens (tertiary/aromatic N) is 2. The minimum Gasteiger partial charge on any atom is -0.468 e. The van der Waals surface area contributed by atoms with Gasteiger partial charge in [-0.2, -0.15) is 0 Å². The molecule has 0 aliphatic carbocycles. The van der Waals surface area contributed by atoms with Crippen molar-refractivity contribution >= 4 is 16.7 Å². The first-order chi connectivity index (χ1) is 12.5. The monoisotopic (exact) mass is 349 g/mol. The maximum atomic E-state index is 10.8. The molecule has 0 bridgehead atoms. The normalized spacial score (nSPS) is 12.3. The zero-order valence-electron chi connectivity index (χ0n) is 15.1. The van der Waals surface area contributed by atoms with Gasteiger partial charge in [-0.05, 0) is 35.9 Å². The Labute approximate surface area is 153 Å². The largest absolute Gasteiger partial charge is 0.468 e. The molecule has 134 valence electrons. The summed E-state index contributed by atoms with van der Waals surface area (Å²) >= 11 is 0. The van der Waals surface area contributed by atoms with Crippen LogP contribution in [0.1, 0.15) is 24.1 Å². The minimum atomic E-state index is -0.514. The first-order valence-electron chi connectivity index (χ1n) is 8.58. The molecule has 1 amide bonds. The molecular weight excluding hydrogens is 326 g/mol. The molecule has 0 saturated carbocycles. The van der Waals surface area contributed by atoms with E-state index in [1.54, 1.807) is 12.3 Å². The van der Waals surface area contributed by atoms with Crippen molar-refractivity contribution in [3.63, 3.8) is 0 Å². The molecular formula is C21H23N3O2. The molecule has 0 spiro atoms. The van der Waals surface area contributed by atoms with E-state index < -0.39 is 5.91 Å². The van der Waals surface area contributed by atoms with Gasteiger partial charge in [-0.3, -0.25) is 9.69 Å². The molecule has 0 aliphatic heterocycles. The van der Waals surface area contributed by atoms with E-state index in [-0.39, 0.29) is 12.6 Å². The molecule has 5 heteroatoms. The lowest BCUT2D eigenvalue weighted by molar-refractivity contribution is -0.120. The lowest BCUT2D eigenvalue weighted by atomic mass is 9.99. The number of hydrogen-bond donors (Lipinski definition) is 1. The molecule has 1 aromatic heterocycles. The van der Waals surface area contributed by atoms with Crippen LogP contribution < -0.4 is 10.5 Å². The van der Waals surface area contributed by atoms with Crippen molar-refractivity contribution in [3.05, 3.63) is 71.9 Å². The second-order valence-electron chi connectivity index (χ2n) is 6.42. The van der Waals surface area contributed by atoms with E-state index in [2.05, 4.69) is 66.3 Å². The third-order valence-electron chi connectivity index (χ3n) is 4.53. The molecule has 3 aromatic rings. The van der Waals surface area contributed by atoms with Crippen LogP contribution in [0.15, 0.2) is 60.8 Å². The highest BCUT2D eigenvalue weighted by molar-refractivity contribution is 5.86. The molecule has 0 unspecified atom stereocenters. The van der Waals surface area contributed by atoms with E-state index >= 15 is 0 Å². The van der Waals surface area contributed by atoms with Crippen molar-refractivity contribution in [1.29, 1.82) is 0 Å². The molecule has 0 radical (unpaired) electrons. The average molecular weight is 349 g/mol. The molecule has 1 atom stereocenters. The molecule has 1 heterocycles. The Bertz CT molecular complexity index is 888. The number of hydrogen-bond acceptors (Lipinski definition) is 4. The Morgan fingerprint density at radius 2 is 1.92 bits per heavy atom. The average Bonchev–Trinajstić information content (AvgIpc) is 2.66. The van der Waals surface area contributed by atoms with Gasteiger partial charge in [0.1, 0.15) is 0 Å². The Kier molecular flexibility index (Phi) is 5.49. The van der Waals surface area contributed by atoms with Crippen LogP contribution in [0.2, 0.25) is 0 Å². The summed E-state index contributed by atoms with van der Waals surface area (Å²) in [5.74, 6) is -0.114. The molecule has 5 nitrogen and oxygen atoms in total. The summed E-state index contributed by atoms with van der Waals surface area (Å²) in [6.07, 6.45) is 1.77. The summed E-state index contributed by atoms with van der Waals surface area (Å²) < 4.78 is 5.19. The molecule has 0 fully saturated rings. The summed E-state index contributed by atoms with van der Waals surface area (Å²) in [4.78, 5) is 17.3. The fraction of sp³-hybridized carbons (Fsp3) is 0.238. The minimum absolute atomic E-state index is 0.162. The second-order valence-corrected chi connectivity index (χ2v) is 6.42. The highest BCUT2D eigenvalue weighted by Crippen LogP contribution is 2.28. The van der Waals surface area contributed by atoms with E-state index in [1.807, 2.05) is 6.07 Å². The zero-order chi connectivity index (χ0) is 18.5. The number of carbonyl (C=O) groups excluding carboxylic acids is 1. The number of carbonyl (C=O) groups is 1. The Morgan fingerprint density at radius 1 is 1.15 bits per heavy atom. The molecule has 2 aromatic carbocycles. The number of rotatable bonds is 7. The highest BCUT2D eigenvalue weighted by Gasteiger charge is 2.14. The summed E-state index contributed by atoms with van der Waals surface area (Å²) in [6.45, 7) is 2.80. The van der Waals surface area contributed by atoms with Gasteiger partial charge < -0.3 is 10.5 Å². The van der Waals surface area contributed by atoms with Crippen molar-refractivity contribution in [2.24, 2.45) is 5.73 Å². The molecule has 26 heavy (non-hydrogen) atoms. The zero-order valence-corrected chi connectivity index (χ0v) is 15.1. The number of fused-ring (bicyclic) bond motifs is 1. The van der Waals surface area contributed by atoms with Crippen LogP contribution in [-0.2, 0) is 11.3 Å². The van der Waals surface area contributed by atoms with Crippen LogP contribution in [0.25, 0.3) is 10.8 Å². The second kappa shape index (κ2) is 7.97. The lowest BCUT2D eigenvalue weighted by Gasteiger charge is -2.26. The quantitative estimate of drug-likeness (QED) is 0.711. The van der Waals surface area contributed by atoms with Gasteiger partial charge in [0.05, 0.1) is 0 Å². The summed E-state index contributed by atoms with van der Waals surface area (Å²) in [6, 6.07) is 18.8. The Morgan fingerprint density at radius 3 is 2.65 bits per heavy atom. The third kappa shape index (κ3) is 4.18. The van der Waals surface area contributed by atoms with Crippen LogP contribution in [0, 0.1) is 0 Å². The van der Waals surface area contributed by atoms with E-state index in [9.17, 15) is 4.79 Å². The number of nitrogens with two attached hydrogens (primary N) is 1. The summed E-state index contributed by atoms with van der Waals surface area (Å²) in [5, 5.41) is 2.53. The van der Waals surface area contributed by atoms with Gasteiger partial charge in [0.25, 0.3) is 5.91 Å². The van der Waals surface area contributed by atoms with Crippen LogP contribution in [0.3, 0.4) is 0 Å². The SMILES string of the molecule is C[C@H](c1cccc2ccccc12)N(C)Cc1ccc(OCC(N)=O)nc1. The van der Waals surface area contributed by atoms with Gasteiger partial charge in [0.2, 0.25) is 5.88 Å². The van der Waals surface area contributed by atoms with Gasteiger partial charge in [-0.25, -0.2) is 4.98 Å². The van der Waals surface area contributed by atoms with Crippen LogP contribution in [-0.4, -0.2) is 29.4 Å². The van der Waals surface area contributed by atoms with E-state index in [1.165, 1.54) is 16.3 Å². The molecule has 2 N–H and O–H groups in total. The lowest BCUT2D eigenvalue weighted by Crippen LogP contribution is -2.22. The van der Waals surface area contributed by atoms with Gasteiger partial charge in [0, 0.05) is 24.8 Å². The van der Waals surface area contributed by atoms with Gasteiger partial charge in [-0.15, -0.1) is 0 Å². The number of primary amides is 1. The number of ether oxygens (including phenoxy) is 1. The fourth-order valence-corrected chi connectivity index (χ4v) is 3.01. The molecule has 0 saturated heterocycles. The predicted octanol–water partition coefficient (Wildman–Crippen LogP) is 3.29. The predicted molar refractivity (Wildman–Crippen MR) is 103 cm³/mol. The Balaban J connectivity index is 1.71. The highest BCUT2D eigenvalue weighted by atomic mass is 16.5. The van der Waals surface area contributed by atoms with Crippen molar-refractivity contribution in [2.45, 2.75) is 19.5 Å². The van der Waals surface area contributed by atoms with Crippen LogP contribution in [0.4, 0.5) is 0 Å². The summed E-state index contributed by atoms with van der Waals surface area (Å²) in [5.41, 5.74) is 7.45. The smallest absolute Gasteiger partial charge is 0.255 e. The standard InChI is InChI=1S/C21H23N3O2/c1-15(18-9-5-7-17-6-3-4-8-19(17)18)24(2)13-16-10-11-21(23-12-16)26-14-20(22)25/h3-12,15H,13-14H2,1-2H3,(H2,22,25)/t15-/m1/s1. The van der Waals surface area contributed by atoms with Gasteiger partial charge in [0.15, 0.2) is 6.61 Å². The third-order valence-corrected chi connectivity index (χ3v) is 4.53. The summed E-state index contributed by atoms with van der Waals surface area (Å²) in [7, 11) is 2.10. The maximum Gasteiger partial charge on any atom is 0.255 e. The van der Waals surface area contributed by atoms with E-state index in [4.69, 9.17) is 10.5 Å². The molecule has 3 rings (SSSR count). The Hall–Kier alpha value is -2.92. The van der Waals surface area contributed by atoms with Crippen molar-refractivity contribution in [1.82, 2.24) is 9.88 Å². The van der Waals surface area contributed by atoms with E-state index in [0.29, 0.717) is 5.88 Å². The van der Waals surface area contributed by atoms with Gasteiger partial charge >= 0.3 is 0 Å². The maximum absolute atomic E-state index is 10.8. The number of aromatic nitrogens is 1. The van der Waals surface area contributed by atoms with Crippen molar-refractivity contribution < 1.29 is 9.53 Å². The molecule has 0 aliphatic rings. The first kappa shape index (κ1) is 17.9. The van der Waals surface area contributed by atoms with Crippen molar-refractivity contribution in [2.75, 3.05) is 13.7 Å². The van der Waals surface area contributed by atoms with Crippen LogP contribution in [0.5, 0.6) is 5.88 Å².